The zero-order valence-electron chi connectivity index (χ0n) is 10.5. The van der Waals surface area contributed by atoms with Crippen LogP contribution in [0.25, 0.3) is 0 Å². The van der Waals surface area contributed by atoms with Crippen molar-refractivity contribution in [1.82, 2.24) is 4.90 Å². The lowest BCUT2D eigenvalue weighted by Gasteiger charge is -2.23. The Kier molecular flexibility index (Phi) is 5.66. The van der Waals surface area contributed by atoms with Gasteiger partial charge in [-0.25, -0.2) is 0 Å². The monoisotopic (exact) mass is 293 g/mol. The minimum absolute atomic E-state index is 0.0729. The highest BCUT2D eigenvalue weighted by molar-refractivity contribution is 6.17. The van der Waals surface area contributed by atoms with Crippen molar-refractivity contribution in [3.05, 3.63) is 35.4 Å². The second-order valence-corrected chi connectivity index (χ2v) is 4.44. The number of carbonyl (C=O) groups excluding carboxylic acids is 1. The summed E-state index contributed by atoms with van der Waals surface area (Å²) in [5, 5.41) is 0. The van der Waals surface area contributed by atoms with Crippen LogP contribution >= 0.6 is 11.6 Å². The minimum atomic E-state index is -4.39. The third-order valence-corrected chi connectivity index (χ3v) is 2.79. The summed E-state index contributed by atoms with van der Waals surface area (Å²) in [7, 11) is 0. The van der Waals surface area contributed by atoms with E-state index in [1.165, 1.54) is 12.1 Å². The number of benzene rings is 1. The van der Waals surface area contributed by atoms with Crippen LogP contribution in [-0.2, 0) is 5.88 Å². The maximum atomic E-state index is 12.4. The maximum absolute atomic E-state index is 12.4. The van der Waals surface area contributed by atoms with E-state index in [9.17, 15) is 18.0 Å². The van der Waals surface area contributed by atoms with E-state index < -0.39 is 18.6 Å². The molecular formula is C13H15ClF3NO. The highest BCUT2D eigenvalue weighted by Crippen LogP contribution is 2.19. The quantitative estimate of drug-likeness (QED) is 0.755. The van der Waals surface area contributed by atoms with E-state index in [0.29, 0.717) is 12.0 Å². The number of nitrogens with zero attached hydrogens (tertiary/aromatic N) is 1. The Hall–Kier alpha value is -1.23. The molecule has 0 radical (unpaired) electrons. The van der Waals surface area contributed by atoms with Crippen LogP contribution in [0.4, 0.5) is 13.2 Å². The van der Waals surface area contributed by atoms with E-state index >= 15 is 0 Å². The van der Waals surface area contributed by atoms with Crippen LogP contribution in [0.5, 0.6) is 0 Å². The average molecular weight is 294 g/mol. The van der Waals surface area contributed by atoms with Gasteiger partial charge in [-0.3, -0.25) is 4.79 Å². The van der Waals surface area contributed by atoms with E-state index in [-0.39, 0.29) is 18.0 Å². The van der Waals surface area contributed by atoms with Gasteiger partial charge in [-0.1, -0.05) is 19.1 Å². The van der Waals surface area contributed by atoms with Crippen molar-refractivity contribution in [2.24, 2.45) is 0 Å². The molecule has 0 aromatic heterocycles. The molecule has 0 aliphatic rings. The van der Waals surface area contributed by atoms with E-state index in [4.69, 9.17) is 11.6 Å². The Morgan fingerprint density at radius 3 is 2.58 bits per heavy atom. The van der Waals surface area contributed by atoms with Gasteiger partial charge in [-0.15, -0.1) is 11.6 Å². The lowest BCUT2D eigenvalue weighted by Crippen LogP contribution is -2.39. The number of hydrogen-bond donors (Lipinski definition) is 0. The van der Waals surface area contributed by atoms with Gasteiger partial charge in [0.05, 0.1) is 0 Å². The lowest BCUT2D eigenvalue weighted by atomic mass is 10.1. The van der Waals surface area contributed by atoms with E-state index in [0.717, 1.165) is 4.90 Å². The molecule has 0 heterocycles. The SMILES string of the molecule is CCCN(CC(F)(F)F)C(=O)c1cccc(CCl)c1. The number of carbonyl (C=O) groups is 1. The zero-order chi connectivity index (χ0) is 14.5. The third kappa shape index (κ3) is 5.11. The number of amides is 1. The molecule has 0 saturated carbocycles. The van der Waals surface area contributed by atoms with Crippen LogP contribution in [0.1, 0.15) is 29.3 Å². The van der Waals surface area contributed by atoms with Crippen LogP contribution in [0.2, 0.25) is 0 Å². The molecule has 0 aliphatic carbocycles. The Morgan fingerprint density at radius 2 is 2.05 bits per heavy atom. The summed E-state index contributed by atoms with van der Waals surface area (Å²) in [6, 6.07) is 6.35. The van der Waals surface area contributed by atoms with E-state index in [1.54, 1.807) is 19.1 Å². The number of halogens is 4. The molecule has 0 aliphatic heterocycles. The highest BCUT2D eigenvalue weighted by Gasteiger charge is 2.32. The molecule has 1 amide bonds. The highest BCUT2D eigenvalue weighted by atomic mass is 35.5. The second-order valence-electron chi connectivity index (χ2n) is 4.18. The number of hydrogen-bond acceptors (Lipinski definition) is 1. The molecule has 0 unspecified atom stereocenters. The van der Waals surface area contributed by atoms with Crippen molar-refractivity contribution in [2.75, 3.05) is 13.1 Å². The average Bonchev–Trinajstić information content (AvgIpc) is 2.36. The molecule has 0 saturated heterocycles. The first-order valence-corrected chi connectivity index (χ1v) is 6.41. The third-order valence-electron chi connectivity index (χ3n) is 2.48. The Balaban J connectivity index is 2.91. The van der Waals surface area contributed by atoms with Crippen LogP contribution in [-0.4, -0.2) is 30.1 Å². The first kappa shape index (κ1) is 15.8. The standard InChI is InChI=1S/C13H15ClF3NO/c1-2-6-18(9-13(15,16)17)12(19)11-5-3-4-10(7-11)8-14/h3-5,7H,2,6,8-9H2,1H3. The topological polar surface area (TPSA) is 20.3 Å². The first-order chi connectivity index (χ1) is 8.87. The molecule has 106 valence electrons. The van der Waals surface area contributed by atoms with Crippen molar-refractivity contribution in [1.29, 1.82) is 0 Å². The van der Waals surface area contributed by atoms with Gasteiger partial charge in [-0.2, -0.15) is 13.2 Å². The van der Waals surface area contributed by atoms with E-state index in [1.807, 2.05) is 0 Å². The van der Waals surface area contributed by atoms with Gasteiger partial charge in [0, 0.05) is 18.0 Å². The number of alkyl halides is 4. The van der Waals surface area contributed by atoms with Crippen LogP contribution in [0.15, 0.2) is 24.3 Å². The largest absolute Gasteiger partial charge is 0.406 e. The predicted molar refractivity (Wildman–Crippen MR) is 68.2 cm³/mol. The van der Waals surface area contributed by atoms with Crippen molar-refractivity contribution in [3.63, 3.8) is 0 Å². The van der Waals surface area contributed by atoms with Gasteiger partial charge in [0.25, 0.3) is 5.91 Å². The Morgan fingerprint density at radius 1 is 1.37 bits per heavy atom. The lowest BCUT2D eigenvalue weighted by molar-refractivity contribution is -0.140. The molecular weight excluding hydrogens is 279 g/mol. The van der Waals surface area contributed by atoms with Gasteiger partial charge in [0.2, 0.25) is 0 Å². The smallest absolute Gasteiger partial charge is 0.330 e. The van der Waals surface area contributed by atoms with Gasteiger partial charge in [0.15, 0.2) is 0 Å². The summed E-state index contributed by atoms with van der Waals surface area (Å²) in [4.78, 5) is 12.9. The minimum Gasteiger partial charge on any atom is -0.330 e. The van der Waals surface area contributed by atoms with Gasteiger partial charge in [-0.05, 0) is 24.1 Å². The van der Waals surface area contributed by atoms with E-state index in [2.05, 4.69) is 0 Å². The van der Waals surface area contributed by atoms with Crippen molar-refractivity contribution in [2.45, 2.75) is 25.4 Å². The van der Waals surface area contributed by atoms with Crippen molar-refractivity contribution < 1.29 is 18.0 Å². The summed E-state index contributed by atoms with van der Waals surface area (Å²) in [5.74, 6) is -0.403. The summed E-state index contributed by atoms with van der Waals surface area (Å²) in [5.41, 5.74) is 0.937. The molecule has 1 aromatic rings. The number of rotatable bonds is 5. The van der Waals surface area contributed by atoms with Crippen molar-refractivity contribution >= 4 is 17.5 Å². The molecule has 0 atom stereocenters. The normalized spacial score (nSPS) is 11.4. The van der Waals surface area contributed by atoms with Crippen LogP contribution in [0.3, 0.4) is 0 Å². The maximum Gasteiger partial charge on any atom is 0.406 e. The van der Waals surface area contributed by atoms with Crippen molar-refractivity contribution in [3.8, 4) is 0 Å². The molecule has 0 bridgehead atoms. The fraction of sp³-hybridized carbons (Fsp3) is 0.462. The summed E-state index contributed by atoms with van der Waals surface area (Å²) < 4.78 is 37.3. The Bertz CT molecular complexity index is 434. The molecule has 19 heavy (non-hydrogen) atoms. The molecule has 0 fully saturated rings. The van der Waals surface area contributed by atoms with Crippen LogP contribution in [0, 0.1) is 0 Å². The fourth-order valence-electron chi connectivity index (χ4n) is 1.71. The molecule has 1 rings (SSSR count). The predicted octanol–water partition coefficient (Wildman–Crippen LogP) is 3.84. The summed E-state index contributed by atoms with van der Waals surface area (Å²) >= 11 is 5.65. The molecule has 6 heteroatoms. The first-order valence-electron chi connectivity index (χ1n) is 5.88. The molecule has 1 aromatic carbocycles. The zero-order valence-corrected chi connectivity index (χ0v) is 11.3. The van der Waals surface area contributed by atoms with Crippen LogP contribution < -0.4 is 0 Å². The molecule has 2 nitrogen and oxygen atoms in total. The molecule has 0 spiro atoms. The second kappa shape index (κ2) is 6.80. The molecule has 0 N–H and O–H groups in total. The summed E-state index contributed by atoms with van der Waals surface area (Å²) in [6.45, 7) is 0.570. The Labute approximate surface area is 115 Å². The van der Waals surface area contributed by atoms with Gasteiger partial charge < -0.3 is 4.90 Å². The van der Waals surface area contributed by atoms with Gasteiger partial charge >= 0.3 is 6.18 Å². The van der Waals surface area contributed by atoms with Gasteiger partial charge in [0.1, 0.15) is 6.54 Å². The fourth-order valence-corrected chi connectivity index (χ4v) is 1.88. The summed E-state index contributed by atoms with van der Waals surface area (Å²) in [6.07, 6.45) is -3.92.